The van der Waals surface area contributed by atoms with Crippen LogP contribution in [0.2, 0.25) is 5.02 Å². The maximum Gasteiger partial charge on any atom is 0.127 e. The molecule has 1 aromatic carbocycles. The first-order valence-electron chi connectivity index (χ1n) is 6.83. The van der Waals surface area contributed by atoms with Crippen LogP contribution in [0.5, 0.6) is 0 Å². The average Bonchev–Trinajstić information content (AvgIpc) is 2.94. The Balaban J connectivity index is 1.69. The number of fused-ring (bicyclic) bond motifs is 2. The molecule has 0 aromatic heterocycles. The van der Waals surface area contributed by atoms with Crippen molar-refractivity contribution < 1.29 is 4.39 Å². The summed E-state index contributed by atoms with van der Waals surface area (Å²) in [6, 6.07) is 4.98. The Morgan fingerprint density at radius 2 is 2.17 bits per heavy atom. The molecule has 4 unspecified atom stereocenters. The zero-order chi connectivity index (χ0) is 12.7. The van der Waals surface area contributed by atoms with Crippen LogP contribution in [0.25, 0.3) is 0 Å². The molecule has 2 N–H and O–H groups in total. The summed E-state index contributed by atoms with van der Waals surface area (Å²) >= 11 is 5.76. The molecule has 1 nitrogen and oxygen atoms in total. The van der Waals surface area contributed by atoms with Crippen molar-refractivity contribution in [2.75, 3.05) is 0 Å². The molecule has 0 saturated heterocycles. The third-order valence-corrected chi connectivity index (χ3v) is 5.05. The Hall–Kier alpha value is -0.600. The van der Waals surface area contributed by atoms with E-state index in [1.165, 1.54) is 31.7 Å². The third-order valence-electron chi connectivity index (χ3n) is 4.81. The zero-order valence-electron chi connectivity index (χ0n) is 10.4. The number of hydrogen-bond donors (Lipinski definition) is 1. The van der Waals surface area contributed by atoms with Crippen LogP contribution < -0.4 is 5.73 Å². The highest BCUT2D eigenvalue weighted by atomic mass is 35.5. The molecule has 2 bridgehead atoms. The standard InChI is InChI=1S/C15H19ClFN/c16-12-4-3-11(14(17)8-12)7-15(18)13-6-9-1-2-10(13)5-9/h3-4,8-10,13,15H,1-2,5-7,18H2. The summed E-state index contributed by atoms with van der Waals surface area (Å²) in [5.41, 5.74) is 7.01. The minimum absolute atomic E-state index is 0.0935. The van der Waals surface area contributed by atoms with Gasteiger partial charge in [-0.1, -0.05) is 24.1 Å². The zero-order valence-corrected chi connectivity index (χ0v) is 11.2. The summed E-state index contributed by atoms with van der Waals surface area (Å²) in [7, 11) is 0. The lowest BCUT2D eigenvalue weighted by Crippen LogP contribution is -2.35. The van der Waals surface area contributed by atoms with Crippen molar-refractivity contribution >= 4 is 11.6 Å². The van der Waals surface area contributed by atoms with Gasteiger partial charge in [0.1, 0.15) is 5.82 Å². The van der Waals surface area contributed by atoms with E-state index in [1.807, 2.05) is 0 Å². The van der Waals surface area contributed by atoms with Crippen LogP contribution in [0, 0.1) is 23.6 Å². The maximum atomic E-state index is 13.7. The Morgan fingerprint density at radius 3 is 2.78 bits per heavy atom. The predicted octanol–water partition coefficient (Wildman–Crippen LogP) is 3.79. The number of halogens is 2. The van der Waals surface area contributed by atoms with Crippen LogP contribution in [0.15, 0.2) is 18.2 Å². The van der Waals surface area contributed by atoms with E-state index in [0.29, 0.717) is 22.9 Å². The molecule has 2 aliphatic rings. The van der Waals surface area contributed by atoms with Gasteiger partial charge < -0.3 is 5.73 Å². The Morgan fingerprint density at radius 1 is 1.33 bits per heavy atom. The van der Waals surface area contributed by atoms with Gasteiger partial charge in [-0.25, -0.2) is 4.39 Å². The van der Waals surface area contributed by atoms with Gasteiger partial charge in [0, 0.05) is 11.1 Å². The Kier molecular flexibility index (Phi) is 3.33. The fourth-order valence-corrected chi connectivity index (χ4v) is 4.07. The molecule has 0 heterocycles. The van der Waals surface area contributed by atoms with Gasteiger partial charge in [0.2, 0.25) is 0 Å². The molecule has 0 aliphatic heterocycles. The molecule has 18 heavy (non-hydrogen) atoms. The molecular formula is C15H19ClFN. The lowest BCUT2D eigenvalue weighted by Gasteiger charge is -2.27. The molecule has 0 radical (unpaired) electrons. The monoisotopic (exact) mass is 267 g/mol. The van der Waals surface area contributed by atoms with E-state index in [9.17, 15) is 4.39 Å². The Bertz CT molecular complexity index is 448. The molecule has 2 fully saturated rings. The molecule has 1 aromatic rings. The topological polar surface area (TPSA) is 26.0 Å². The van der Waals surface area contributed by atoms with Gasteiger partial charge in [0.05, 0.1) is 0 Å². The molecule has 3 rings (SSSR count). The smallest absolute Gasteiger partial charge is 0.127 e. The van der Waals surface area contributed by atoms with Crippen molar-refractivity contribution in [1.29, 1.82) is 0 Å². The fraction of sp³-hybridized carbons (Fsp3) is 0.600. The highest BCUT2D eigenvalue weighted by Crippen LogP contribution is 2.49. The van der Waals surface area contributed by atoms with Crippen LogP contribution in [-0.4, -0.2) is 6.04 Å². The summed E-state index contributed by atoms with van der Waals surface area (Å²) in [6.45, 7) is 0. The molecule has 3 heteroatoms. The third kappa shape index (κ3) is 2.28. The molecule has 0 amide bonds. The number of rotatable bonds is 3. The second-order valence-corrected chi connectivity index (χ2v) is 6.38. The SMILES string of the molecule is NC(Cc1ccc(Cl)cc1F)C1CC2CCC1C2. The van der Waals surface area contributed by atoms with Gasteiger partial charge in [-0.3, -0.25) is 0 Å². The summed E-state index contributed by atoms with van der Waals surface area (Å²) in [6.07, 6.45) is 5.94. The highest BCUT2D eigenvalue weighted by Gasteiger charge is 2.41. The number of hydrogen-bond acceptors (Lipinski definition) is 1. The first-order chi connectivity index (χ1) is 8.63. The normalized spacial score (nSPS) is 31.8. The van der Waals surface area contributed by atoms with Gasteiger partial charge in [-0.2, -0.15) is 0 Å². The van der Waals surface area contributed by atoms with Crippen LogP contribution in [0.4, 0.5) is 4.39 Å². The fourth-order valence-electron chi connectivity index (χ4n) is 3.91. The van der Waals surface area contributed by atoms with Crippen molar-refractivity contribution in [1.82, 2.24) is 0 Å². The first kappa shape index (κ1) is 12.4. The quantitative estimate of drug-likeness (QED) is 0.886. The summed E-state index contributed by atoms with van der Waals surface area (Å²) in [5.74, 6) is 2.06. The number of benzene rings is 1. The van der Waals surface area contributed by atoms with E-state index >= 15 is 0 Å². The minimum atomic E-state index is -0.221. The highest BCUT2D eigenvalue weighted by molar-refractivity contribution is 6.30. The van der Waals surface area contributed by atoms with Gasteiger partial charge in [0.25, 0.3) is 0 Å². The second-order valence-electron chi connectivity index (χ2n) is 5.94. The van der Waals surface area contributed by atoms with Gasteiger partial charge in [-0.15, -0.1) is 0 Å². The van der Waals surface area contributed by atoms with E-state index in [2.05, 4.69) is 0 Å². The minimum Gasteiger partial charge on any atom is -0.327 e. The summed E-state index contributed by atoms with van der Waals surface area (Å²) in [4.78, 5) is 0. The number of nitrogens with two attached hydrogens (primary N) is 1. The van der Waals surface area contributed by atoms with Crippen molar-refractivity contribution in [2.24, 2.45) is 23.5 Å². The van der Waals surface area contributed by atoms with Crippen LogP contribution in [-0.2, 0) is 6.42 Å². The van der Waals surface area contributed by atoms with Crippen LogP contribution in [0.1, 0.15) is 31.2 Å². The average molecular weight is 268 g/mol. The van der Waals surface area contributed by atoms with E-state index in [4.69, 9.17) is 17.3 Å². The van der Waals surface area contributed by atoms with Gasteiger partial charge in [0.15, 0.2) is 0 Å². The van der Waals surface area contributed by atoms with Crippen LogP contribution >= 0.6 is 11.6 Å². The van der Waals surface area contributed by atoms with Gasteiger partial charge in [-0.05, 0) is 61.1 Å². The first-order valence-corrected chi connectivity index (χ1v) is 7.21. The van der Waals surface area contributed by atoms with Crippen molar-refractivity contribution in [2.45, 2.75) is 38.1 Å². The molecule has 2 aliphatic carbocycles. The van der Waals surface area contributed by atoms with Gasteiger partial charge >= 0.3 is 0 Å². The van der Waals surface area contributed by atoms with E-state index in [0.717, 1.165) is 11.8 Å². The van der Waals surface area contributed by atoms with Crippen molar-refractivity contribution in [3.05, 3.63) is 34.6 Å². The predicted molar refractivity (Wildman–Crippen MR) is 72.0 cm³/mol. The molecule has 98 valence electrons. The molecule has 4 atom stereocenters. The maximum absolute atomic E-state index is 13.7. The molecule has 2 saturated carbocycles. The lowest BCUT2D eigenvalue weighted by atomic mass is 9.81. The van der Waals surface area contributed by atoms with Crippen molar-refractivity contribution in [3.8, 4) is 0 Å². The summed E-state index contributed by atoms with van der Waals surface area (Å²) in [5, 5.41) is 0.449. The van der Waals surface area contributed by atoms with E-state index in [1.54, 1.807) is 12.1 Å². The Labute approximate surface area is 113 Å². The summed E-state index contributed by atoms with van der Waals surface area (Å²) < 4.78 is 13.7. The second kappa shape index (κ2) is 4.82. The van der Waals surface area contributed by atoms with E-state index in [-0.39, 0.29) is 11.9 Å². The molecule has 0 spiro atoms. The van der Waals surface area contributed by atoms with Crippen LogP contribution in [0.3, 0.4) is 0 Å². The largest absolute Gasteiger partial charge is 0.327 e. The molecular weight excluding hydrogens is 249 g/mol. The van der Waals surface area contributed by atoms with Crippen molar-refractivity contribution in [3.63, 3.8) is 0 Å². The lowest BCUT2D eigenvalue weighted by molar-refractivity contribution is 0.279. The van der Waals surface area contributed by atoms with E-state index < -0.39 is 0 Å².